The highest BCUT2D eigenvalue weighted by atomic mass is 19.4. The third-order valence-corrected chi connectivity index (χ3v) is 6.57. The summed E-state index contributed by atoms with van der Waals surface area (Å²) in [5.41, 5.74) is 0.992. The summed E-state index contributed by atoms with van der Waals surface area (Å²) in [4.78, 5) is 33.7. The molecule has 4 aromatic rings. The molecule has 1 amide bonds. The van der Waals surface area contributed by atoms with Gasteiger partial charge in [-0.25, -0.2) is 4.98 Å². The molecule has 6 nitrogen and oxygen atoms in total. The topological polar surface area (TPSA) is 64.4 Å². The number of benzene rings is 3. The van der Waals surface area contributed by atoms with E-state index in [4.69, 9.17) is 16.1 Å². The lowest BCUT2D eigenvalue weighted by Crippen LogP contribution is -2.40. The van der Waals surface area contributed by atoms with Crippen LogP contribution in [0.4, 0.5) is 13.2 Å². The minimum Gasteiger partial charge on any atom is -0.380 e. The number of aromatic nitrogens is 2. The molecule has 0 fully saturated rings. The second-order valence-electron chi connectivity index (χ2n) is 9.15. The lowest BCUT2D eigenvalue weighted by atomic mass is 10.1. The van der Waals surface area contributed by atoms with Gasteiger partial charge < -0.3 is 9.64 Å². The van der Waals surface area contributed by atoms with E-state index in [0.717, 1.165) is 12.1 Å². The smallest absolute Gasteiger partial charge is 0.380 e. The Morgan fingerprint density at radius 3 is 2.38 bits per heavy atom. The van der Waals surface area contributed by atoms with E-state index in [2.05, 4.69) is 5.92 Å². The molecule has 0 bridgehead atoms. The second kappa shape index (κ2) is 12.2. The molecule has 1 atom stereocenters. The summed E-state index contributed by atoms with van der Waals surface area (Å²) >= 11 is 0. The third-order valence-electron chi connectivity index (χ3n) is 6.57. The molecule has 1 unspecified atom stereocenters. The molecule has 3 aromatic carbocycles. The standard InChI is InChI=1S/C31H28F3N3O3/c1-4-22-12-16-25(17-13-22)37-29(35-27-9-7-6-8-26(27)30(37)39)21(3)36(18-19-40-5-2)28(38)20-23-10-14-24(15-11-23)31(32,33)34/h1,6-17,21H,5,18-20H2,2-3H3. The number of fused-ring (bicyclic) bond motifs is 1. The summed E-state index contributed by atoms with van der Waals surface area (Å²) in [5, 5.41) is 0.413. The molecule has 0 spiro atoms. The summed E-state index contributed by atoms with van der Waals surface area (Å²) in [7, 11) is 0. The molecule has 0 saturated heterocycles. The first-order valence-corrected chi connectivity index (χ1v) is 12.8. The summed E-state index contributed by atoms with van der Waals surface area (Å²) in [6, 6.07) is 17.6. The molecule has 1 heterocycles. The Kier molecular flexibility index (Phi) is 8.70. The number of carbonyl (C=O) groups excluding carboxylic acids is 1. The fraction of sp³-hybridized carbons (Fsp3) is 0.258. The Balaban J connectivity index is 1.77. The molecule has 0 aliphatic carbocycles. The molecular weight excluding hydrogens is 519 g/mol. The average Bonchev–Trinajstić information content (AvgIpc) is 2.95. The average molecular weight is 548 g/mol. The van der Waals surface area contributed by atoms with E-state index in [1.54, 1.807) is 55.5 Å². The number of rotatable bonds is 9. The number of terminal acetylenes is 1. The van der Waals surface area contributed by atoms with Crippen molar-refractivity contribution in [2.75, 3.05) is 19.8 Å². The number of carbonyl (C=O) groups is 1. The highest BCUT2D eigenvalue weighted by Gasteiger charge is 2.31. The van der Waals surface area contributed by atoms with Crippen molar-refractivity contribution >= 4 is 16.8 Å². The number of para-hydroxylation sites is 1. The normalized spacial score (nSPS) is 12.2. The number of ether oxygens (including phenoxy) is 1. The van der Waals surface area contributed by atoms with Gasteiger partial charge in [-0.2, -0.15) is 13.2 Å². The Labute approximate surface area is 230 Å². The van der Waals surface area contributed by atoms with Crippen LogP contribution in [0.5, 0.6) is 0 Å². The zero-order valence-corrected chi connectivity index (χ0v) is 22.1. The Hall–Kier alpha value is -4.42. The van der Waals surface area contributed by atoms with Gasteiger partial charge >= 0.3 is 6.18 Å². The molecular formula is C31H28F3N3O3. The zero-order chi connectivity index (χ0) is 28.9. The summed E-state index contributed by atoms with van der Waals surface area (Å²) in [6.07, 6.45) is 0.899. The minimum atomic E-state index is -4.47. The molecule has 0 aliphatic rings. The first kappa shape index (κ1) is 28.6. The first-order chi connectivity index (χ1) is 19.1. The van der Waals surface area contributed by atoms with E-state index >= 15 is 0 Å². The highest BCUT2D eigenvalue weighted by molar-refractivity contribution is 5.80. The maximum Gasteiger partial charge on any atom is 0.416 e. The minimum absolute atomic E-state index is 0.136. The van der Waals surface area contributed by atoms with Gasteiger partial charge in [-0.3, -0.25) is 14.2 Å². The van der Waals surface area contributed by atoms with Crippen LogP contribution in [0.15, 0.2) is 77.6 Å². The van der Waals surface area contributed by atoms with Crippen LogP contribution in [0.1, 0.15) is 42.4 Å². The summed E-state index contributed by atoms with van der Waals surface area (Å²) in [6.45, 7) is 4.46. The van der Waals surface area contributed by atoms with E-state index in [9.17, 15) is 22.8 Å². The van der Waals surface area contributed by atoms with Crippen LogP contribution in [0.2, 0.25) is 0 Å². The van der Waals surface area contributed by atoms with Crippen molar-refractivity contribution < 1.29 is 22.7 Å². The predicted molar refractivity (Wildman–Crippen MR) is 147 cm³/mol. The number of hydrogen-bond acceptors (Lipinski definition) is 4. The van der Waals surface area contributed by atoms with Crippen molar-refractivity contribution in [3.8, 4) is 18.0 Å². The number of amides is 1. The lowest BCUT2D eigenvalue weighted by molar-refractivity contribution is -0.137. The number of hydrogen-bond donors (Lipinski definition) is 0. The fourth-order valence-corrected chi connectivity index (χ4v) is 4.46. The van der Waals surface area contributed by atoms with Crippen LogP contribution in [-0.2, 0) is 22.1 Å². The van der Waals surface area contributed by atoms with Crippen molar-refractivity contribution in [2.45, 2.75) is 32.5 Å². The quantitative estimate of drug-likeness (QED) is 0.204. The third kappa shape index (κ3) is 6.24. The van der Waals surface area contributed by atoms with Gasteiger partial charge in [-0.15, -0.1) is 6.42 Å². The van der Waals surface area contributed by atoms with Gasteiger partial charge in [-0.1, -0.05) is 30.2 Å². The molecule has 0 N–H and O–H groups in total. The van der Waals surface area contributed by atoms with E-state index in [1.165, 1.54) is 21.6 Å². The van der Waals surface area contributed by atoms with Crippen LogP contribution >= 0.6 is 0 Å². The van der Waals surface area contributed by atoms with Crippen molar-refractivity contribution in [1.82, 2.24) is 14.5 Å². The maximum absolute atomic E-state index is 13.7. The van der Waals surface area contributed by atoms with Crippen LogP contribution in [0, 0.1) is 12.3 Å². The van der Waals surface area contributed by atoms with Crippen LogP contribution < -0.4 is 5.56 Å². The molecule has 0 aliphatic heterocycles. The van der Waals surface area contributed by atoms with Gasteiger partial charge in [0.2, 0.25) is 5.91 Å². The SMILES string of the molecule is C#Cc1ccc(-n2c(C(C)N(CCOCC)C(=O)Cc3ccc(C(F)(F)F)cc3)nc3ccccc3c2=O)cc1. The molecule has 9 heteroatoms. The van der Waals surface area contributed by atoms with Crippen molar-refractivity contribution in [3.63, 3.8) is 0 Å². The van der Waals surface area contributed by atoms with Crippen LogP contribution in [0.25, 0.3) is 16.6 Å². The largest absolute Gasteiger partial charge is 0.416 e. The molecule has 0 radical (unpaired) electrons. The molecule has 4 rings (SSSR count). The van der Waals surface area contributed by atoms with Gasteiger partial charge in [0.15, 0.2) is 0 Å². The van der Waals surface area contributed by atoms with E-state index in [-0.39, 0.29) is 31.0 Å². The number of alkyl halides is 3. The van der Waals surface area contributed by atoms with Gasteiger partial charge in [-0.05, 0) is 67.9 Å². The van der Waals surface area contributed by atoms with Crippen molar-refractivity contribution in [1.29, 1.82) is 0 Å². The lowest BCUT2D eigenvalue weighted by Gasteiger charge is -2.30. The molecule has 40 heavy (non-hydrogen) atoms. The summed E-state index contributed by atoms with van der Waals surface area (Å²) < 4.78 is 46.0. The van der Waals surface area contributed by atoms with Crippen molar-refractivity contribution in [2.24, 2.45) is 0 Å². The van der Waals surface area contributed by atoms with Gasteiger partial charge in [0.05, 0.1) is 41.2 Å². The maximum atomic E-state index is 13.7. The van der Waals surface area contributed by atoms with E-state index < -0.39 is 17.8 Å². The predicted octanol–water partition coefficient (Wildman–Crippen LogP) is 5.55. The fourth-order valence-electron chi connectivity index (χ4n) is 4.46. The monoisotopic (exact) mass is 547 g/mol. The Morgan fingerprint density at radius 1 is 1.07 bits per heavy atom. The Morgan fingerprint density at radius 2 is 1.75 bits per heavy atom. The molecule has 206 valence electrons. The number of halogens is 3. The molecule has 0 saturated carbocycles. The van der Waals surface area contributed by atoms with Gasteiger partial charge in [0, 0.05) is 18.7 Å². The van der Waals surface area contributed by atoms with E-state index in [1.807, 2.05) is 6.92 Å². The van der Waals surface area contributed by atoms with Gasteiger partial charge in [0.1, 0.15) is 5.82 Å². The molecule has 1 aromatic heterocycles. The van der Waals surface area contributed by atoms with Crippen LogP contribution in [-0.4, -0.2) is 40.1 Å². The van der Waals surface area contributed by atoms with E-state index in [0.29, 0.717) is 40.1 Å². The van der Waals surface area contributed by atoms with Crippen LogP contribution in [0.3, 0.4) is 0 Å². The Bertz CT molecular complexity index is 1590. The highest BCUT2D eigenvalue weighted by Crippen LogP contribution is 2.29. The summed E-state index contributed by atoms with van der Waals surface area (Å²) in [5.74, 6) is 2.54. The number of nitrogens with zero attached hydrogens (tertiary/aromatic N) is 3. The second-order valence-corrected chi connectivity index (χ2v) is 9.15. The van der Waals surface area contributed by atoms with Crippen molar-refractivity contribution in [3.05, 3.63) is 106 Å². The first-order valence-electron chi connectivity index (χ1n) is 12.8. The zero-order valence-electron chi connectivity index (χ0n) is 22.1. The van der Waals surface area contributed by atoms with Gasteiger partial charge in [0.25, 0.3) is 5.56 Å².